The smallest absolute Gasteiger partial charge is 0.0828 e. The van der Waals surface area contributed by atoms with E-state index in [0.29, 0.717) is 6.04 Å². The van der Waals surface area contributed by atoms with E-state index >= 15 is 0 Å². The van der Waals surface area contributed by atoms with Crippen LogP contribution in [0.3, 0.4) is 0 Å². The molecule has 0 amide bonds. The van der Waals surface area contributed by atoms with Crippen LogP contribution in [0, 0.1) is 13.8 Å². The SMILES string of the molecule is CCn1nc(C)c(N[C@H]2CCSC2)c1C. The van der Waals surface area contributed by atoms with Crippen LogP contribution in [0.1, 0.15) is 24.7 Å². The molecular weight excluding hydrogens is 206 g/mol. The van der Waals surface area contributed by atoms with Crippen molar-refractivity contribution in [2.75, 3.05) is 16.8 Å². The summed E-state index contributed by atoms with van der Waals surface area (Å²) in [7, 11) is 0. The van der Waals surface area contributed by atoms with Gasteiger partial charge in [0.05, 0.1) is 17.1 Å². The summed E-state index contributed by atoms with van der Waals surface area (Å²) < 4.78 is 2.07. The van der Waals surface area contributed by atoms with Gasteiger partial charge in [0.2, 0.25) is 0 Å². The zero-order valence-electron chi connectivity index (χ0n) is 9.71. The largest absolute Gasteiger partial charge is 0.378 e. The van der Waals surface area contributed by atoms with E-state index in [0.717, 1.165) is 12.2 Å². The van der Waals surface area contributed by atoms with Crippen LogP contribution >= 0.6 is 11.8 Å². The average molecular weight is 225 g/mol. The molecule has 1 aromatic heterocycles. The fourth-order valence-corrected chi connectivity index (χ4v) is 3.22. The molecule has 4 heteroatoms. The predicted octanol–water partition coefficient (Wildman–Crippen LogP) is 2.44. The van der Waals surface area contributed by atoms with Gasteiger partial charge in [-0.2, -0.15) is 16.9 Å². The van der Waals surface area contributed by atoms with Gasteiger partial charge in [-0.05, 0) is 32.9 Å². The van der Waals surface area contributed by atoms with Crippen LogP contribution < -0.4 is 5.32 Å². The van der Waals surface area contributed by atoms with Crippen LogP contribution in [0.15, 0.2) is 0 Å². The Balaban J connectivity index is 2.15. The third-order valence-electron chi connectivity index (χ3n) is 2.96. The van der Waals surface area contributed by atoms with Crippen LogP contribution in [0.5, 0.6) is 0 Å². The fourth-order valence-electron chi connectivity index (χ4n) is 2.07. The molecule has 1 aliphatic rings. The highest BCUT2D eigenvalue weighted by Gasteiger charge is 2.18. The first-order valence-electron chi connectivity index (χ1n) is 5.60. The molecule has 0 radical (unpaired) electrons. The molecule has 1 N–H and O–H groups in total. The number of aromatic nitrogens is 2. The molecule has 0 aliphatic carbocycles. The number of rotatable bonds is 3. The maximum absolute atomic E-state index is 4.52. The van der Waals surface area contributed by atoms with E-state index in [1.807, 2.05) is 11.8 Å². The molecule has 1 atom stereocenters. The van der Waals surface area contributed by atoms with Crippen molar-refractivity contribution in [3.63, 3.8) is 0 Å². The zero-order chi connectivity index (χ0) is 10.8. The highest BCUT2D eigenvalue weighted by atomic mass is 32.2. The van der Waals surface area contributed by atoms with Crippen molar-refractivity contribution in [1.29, 1.82) is 0 Å². The average Bonchev–Trinajstić information content (AvgIpc) is 2.81. The van der Waals surface area contributed by atoms with Crippen molar-refractivity contribution in [3.8, 4) is 0 Å². The van der Waals surface area contributed by atoms with Gasteiger partial charge in [0.15, 0.2) is 0 Å². The van der Waals surface area contributed by atoms with Gasteiger partial charge < -0.3 is 5.32 Å². The van der Waals surface area contributed by atoms with Gasteiger partial charge in [-0.25, -0.2) is 0 Å². The summed E-state index contributed by atoms with van der Waals surface area (Å²) in [6, 6.07) is 0.641. The highest BCUT2D eigenvalue weighted by Crippen LogP contribution is 2.25. The van der Waals surface area contributed by atoms with Crippen molar-refractivity contribution < 1.29 is 0 Å². The molecule has 2 rings (SSSR count). The Hall–Kier alpha value is -0.640. The second kappa shape index (κ2) is 4.47. The number of nitrogens with zero attached hydrogens (tertiary/aromatic N) is 2. The number of anilines is 1. The number of thioether (sulfide) groups is 1. The topological polar surface area (TPSA) is 29.9 Å². The monoisotopic (exact) mass is 225 g/mol. The summed E-state index contributed by atoms with van der Waals surface area (Å²) in [5, 5.41) is 8.15. The molecule has 3 nitrogen and oxygen atoms in total. The molecule has 1 fully saturated rings. The maximum Gasteiger partial charge on any atom is 0.0828 e. The van der Waals surface area contributed by atoms with Crippen molar-refractivity contribution in [3.05, 3.63) is 11.4 Å². The quantitative estimate of drug-likeness (QED) is 0.857. The first-order chi connectivity index (χ1) is 7.22. The van der Waals surface area contributed by atoms with Gasteiger partial charge in [-0.1, -0.05) is 0 Å². The Kier molecular flexibility index (Phi) is 3.24. The van der Waals surface area contributed by atoms with Crippen molar-refractivity contribution in [1.82, 2.24) is 9.78 Å². The normalized spacial score (nSPS) is 20.9. The second-order valence-corrected chi connectivity index (χ2v) is 5.22. The van der Waals surface area contributed by atoms with Gasteiger partial charge in [0.1, 0.15) is 0 Å². The molecule has 1 aliphatic heterocycles. The molecule has 15 heavy (non-hydrogen) atoms. The molecule has 0 aromatic carbocycles. The van der Waals surface area contributed by atoms with Crippen molar-refractivity contribution in [2.24, 2.45) is 0 Å². The Morgan fingerprint density at radius 1 is 1.53 bits per heavy atom. The minimum absolute atomic E-state index is 0.641. The Bertz CT molecular complexity index is 340. The Morgan fingerprint density at radius 2 is 2.33 bits per heavy atom. The number of nitrogens with one attached hydrogen (secondary N) is 1. The lowest BCUT2D eigenvalue weighted by Gasteiger charge is -2.13. The van der Waals surface area contributed by atoms with Crippen LogP contribution in [0.25, 0.3) is 0 Å². The summed E-state index contributed by atoms with van der Waals surface area (Å²) in [6.07, 6.45) is 1.28. The standard InChI is InChI=1S/C11H19N3S/c1-4-14-9(3)11(8(2)13-14)12-10-5-6-15-7-10/h10,12H,4-7H2,1-3H3/t10-/m0/s1. The minimum Gasteiger partial charge on any atom is -0.378 e. The third-order valence-corrected chi connectivity index (χ3v) is 4.12. The summed E-state index contributed by atoms with van der Waals surface area (Å²) in [4.78, 5) is 0. The molecule has 1 aromatic rings. The lowest BCUT2D eigenvalue weighted by atomic mass is 10.2. The molecular formula is C11H19N3S. The molecule has 2 heterocycles. The lowest BCUT2D eigenvalue weighted by molar-refractivity contribution is 0.634. The molecule has 1 saturated heterocycles. The van der Waals surface area contributed by atoms with E-state index in [-0.39, 0.29) is 0 Å². The van der Waals surface area contributed by atoms with E-state index < -0.39 is 0 Å². The van der Waals surface area contributed by atoms with Crippen LogP contribution in [0.4, 0.5) is 5.69 Å². The van der Waals surface area contributed by atoms with Crippen LogP contribution in [0.2, 0.25) is 0 Å². The number of hydrogen-bond acceptors (Lipinski definition) is 3. The first kappa shape index (κ1) is 10.9. The van der Waals surface area contributed by atoms with Crippen molar-refractivity contribution >= 4 is 17.4 Å². The van der Waals surface area contributed by atoms with Crippen molar-refractivity contribution in [2.45, 2.75) is 39.8 Å². The summed E-state index contributed by atoms with van der Waals surface area (Å²) in [6.45, 7) is 7.32. The van der Waals surface area contributed by atoms with Crippen LogP contribution in [-0.2, 0) is 6.54 Å². The molecule has 0 unspecified atom stereocenters. The molecule has 0 spiro atoms. The van der Waals surface area contributed by atoms with E-state index in [1.54, 1.807) is 0 Å². The van der Waals surface area contributed by atoms with E-state index in [4.69, 9.17) is 0 Å². The van der Waals surface area contributed by atoms with E-state index in [1.165, 1.54) is 29.3 Å². The lowest BCUT2D eigenvalue weighted by Crippen LogP contribution is -2.19. The third kappa shape index (κ3) is 2.14. The zero-order valence-corrected chi connectivity index (χ0v) is 10.5. The molecule has 84 valence electrons. The first-order valence-corrected chi connectivity index (χ1v) is 6.76. The number of aryl methyl sites for hydroxylation is 2. The second-order valence-electron chi connectivity index (χ2n) is 4.07. The van der Waals surface area contributed by atoms with Gasteiger partial charge in [-0.15, -0.1) is 0 Å². The summed E-state index contributed by atoms with van der Waals surface area (Å²) in [5.74, 6) is 2.52. The van der Waals surface area contributed by atoms with Gasteiger partial charge >= 0.3 is 0 Å². The molecule has 0 saturated carbocycles. The minimum atomic E-state index is 0.641. The highest BCUT2D eigenvalue weighted by molar-refractivity contribution is 7.99. The Labute approximate surface area is 95.6 Å². The van der Waals surface area contributed by atoms with E-state index in [9.17, 15) is 0 Å². The molecule has 0 bridgehead atoms. The maximum atomic E-state index is 4.52. The predicted molar refractivity (Wildman–Crippen MR) is 66.7 cm³/mol. The Morgan fingerprint density at radius 3 is 2.87 bits per heavy atom. The summed E-state index contributed by atoms with van der Waals surface area (Å²) >= 11 is 2.04. The van der Waals surface area contributed by atoms with E-state index in [2.05, 4.69) is 35.9 Å². The fraction of sp³-hybridized carbons (Fsp3) is 0.727. The summed E-state index contributed by atoms with van der Waals surface area (Å²) in [5.41, 5.74) is 3.66. The van der Waals surface area contributed by atoms with Gasteiger partial charge in [0, 0.05) is 18.3 Å². The number of hydrogen-bond donors (Lipinski definition) is 1. The van der Waals surface area contributed by atoms with Crippen LogP contribution in [-0.4, -0.2) is 27.3 Å². The van der Waals surface area contributed by atoms with Gasteiger partial charge in [0.25, 0.3) is 0 Å². The van der Waals surface area contributed by atoms with Gasteiger partial charge in [-0.3, -0.25) is 4.68 Å².